The van der Waals surface area contributed by atoms with Crippen molar-refractivity contribution in [2.24, 2.45) is 7.05 Å². The highest BCUT2D eigenvalue weighted by Gasteiger charge is 2.49. The highest BCUT2D eigenvalue weighted by atomic mass is 28.3. The molecule has 0 fully saturated rings. The van der Waals surface area contributed by atoms with E-state index in [1.54, 1.807) is 0 Å². The monoisotopic (exact) mass is 813 g/mol. The van der Waals surface area contributed by atoms with E-state index in [2.05, 4.69) is 203 Å². The van der Waals surface area contributed by atoms with E-state index in [-0.39, 0.29) is 0 Å². The lowest BCUT2D eigenvalue weighted by molar-refractivity contribution is 0.483. The Morgan fingerprint density at radius 2 is 1.16 bits per heavy atom. The van der Waals surface area contributed by atoms with Crippen molar-refractivity contribution in [3.8, 4) is 28.7 Å². The maximum Gasteiger partial charge on any atom is 0.184 e. The number of hydrogen-bond donors (Lipinski definition) is 0. The molecular weight excluding hydrogens is 775 g/mol. The van der Waals surface area contributed by atoms with Gasteiger partial charge in [0, 0.05) is 52.7 Å². The van der Waals surface area contributed by atoms with E-state index in [1.165, 1.54) is 26.4 Å². The molecule has 1 aliphatic rings. The largest absolute Gasteiger partial charge is 0.457 e. The van der Waals surface area contributed by atoms with E-state index in [0.29, 0.717) is 0 Å². The normalized spacial score (nSPS) is 13.0. The summed E-state index contributed by atoms with van der Waals surface area (Å²) in [6.45, 7) is 0. The van der Waals surface area contributed by atoms with Gasteiger partial charge in [0.1, 0.15) is 23.1 Å². The van der Waals surface area contributed by atoms with Crippen molar-refractivity contribution >= 4 is 78.7 Å². The van der Waals surface area contributed by atoms with Crippen molar-refractivity contribution in [1.82, 2.24) is 19.1 Å². The lowest BCUT2D eigenvalue weighted by Gasteiger charge is -2.45. The van der Waals surface area contributed by atoms with Crippen LogP contribution in [0.2, 0.25) is 0 Å². The number of imidazole rings is 1. The Kier molecular flexibility index (Phi) is 8.30. The number of para-hydroxylation sites is 4. The van der Waals surface area contributed by atoms with Gasteiger partial charge in [0.15, 0.2) is 8.07 Å². The summed E-state index contributed by atoms with van der Waals surface area (Å²) >= 11 is 0. The Hall–Kier alpha value is -8.00. The molecule has 0 amide bonds. The van der Waals surface area contributed by atoms with Gasteiger partial charge in [0.2, 0.25) is 0 Å². The summed E-state index contributed by atoms with van der Waals surface area (Å²) in [6, 6.07) is 76.2. The lowest BCUT2D eigenvalue weighted by atomic mass is 10.1. The van der Waals surface area contributed by atoms with E-state index in [4.69, 9.17) is 14.7 Å². The minimum absolute atomic E-state index is 0.736. The van der Waals surface area contributed by atoms with Crippen LogP contribution in [0.15, 0.2) is 219 Å². The van der Waals surface area contributed by atoms with Gasteiger partial charge < -0.3 is 14.2 Å². The molecule has 0 spiro atoms. The number of nitrogens with zero attached hydrogens (tertiary/aromatic N) is 5. The van der Waals surface area contributed by atoms with Gasteiger partial charge in [-0.15, -0.1) is 0 Å². The molecule has 0 radical (unpaired) electrons. The molecule has 0 bridgehead atoms. The maximum atomic E-state index is 6.74. The minimum atomic E-state index is -2.93. The highest BCUT2D eigenvalue weighted by Crippen LogP contribution is 2.43. The zero-order valence-corrected chi connectivity index (χ0v) is 34.9. The van der Waals surface area contributed by atoms with Crippen molar-refractivity contribution in [1.29, 1.82) is 0 Å². The molecule has 0 unspecified atom stereocenters. The smallest absolute Gasteiger partial charge is 0.184 e. The second kappa shape index (κ2) is 14.3. The molecule has 7 heteroatoms. The first-order valence-electron chi connectivity index (χ1n) is 21.0. The molecule has 0 aliphatic carbocycles. The van der Waals surface area contributed by atoms with Crippen molar-refractivity contribution in [3.05, 3.63) is 219 Å². The first kappa shape index (κ1) is 35.9. The number of anilines is 3. The SMILES string of the molecule is Cn1c(-c2cccc(Oc3ccc4c5cc6c(cc5n(-c5ccccn5)c4c3)N(c3ccccc3)c3ccccc3[Si]6(c3ccccc3)c3ccccc3)c2)nc2ccccc21. The lowest BCUT2D eigenvalue weighted by Crippen LogP contribution is -2.77. The van der Waals surface area contributed by atoms with Crippen molar-refractivity contribution in [2.75, 3.05) is 4.90 Å². The summed E-state index contributed by atoms with van der Waals surface area (Å²) in [5.41, 5.74) is 8.60. The van der Waals surface area contributed by atoms with Gasteiger partial charge in [-0.3, -0.25) is 4.57 Å². The van der Waals surface area contributed by atoms with Gasteiger partial charge in [0.05, 0.1) is 22.1 Å². The molecule has 4 heterocycles. The summed E-state index contributed by atoms with van der Waals surface area (Å²) in [5, 5.41) is 7.68. The van der Waals surface area contributed by atoms with Crippen LogP contribution >= 0.6 is 0 Å². The highest BCUT2D eigenvalue weighted by molar-refractivity contribution is 7.21. The van der Waals surface area contributed by atoms with Crippen LogP contribution < -0.4 is 30.4 Å². The van der Waals surface area contributed by atoms with Crippen LogP contribution in [-0.2, 0) is 7.05 Å². The fourth-order valence-electron chi connectivity index (χ4n) is 9.83. The summed E-state index contributed by atoms with van der Waals surface area (Å²) < 4.78 is 11.2. The molecule has 3 aromatic heterocycles. The van der Waals surface area contributed by atoms with Crippen molar-refractivity contribution in [2.45, 2.75) is 0 Å². The molecule has 0 saturated heterocycles. The summed E-state index contributed by atoms with van der Waals surface area (Å²) in [7, 11) is -0.874. The number of rotatable bonds is 7. The Bertz CT molecular complexity index is 3420. The second-order valence-corrected chi connectivity index (χ2v) is 19.6. The topological polar surface area (TPSA) is 48.1 Å². The third-order valence-electron chi connectivity index (χ3n) is 12.5. The predicted molar refractivity (Wildman–Crippen MR) is 257 cm³/mol. The molecule has 0 N–H and O–H groups in total. The third kappa shape index (κ3) is 5.49. The molecule has 11 aromatic rings. The molecule has 8 aromatic carbocycles. The second-order valence-electron chi connectivity index (χ2n) is 15.9. The number of aryl methyl sites for hydroxylation is 1. The van der Waals surface area contributed by atoms with Gasteiger partial charge >= 0.3 is 0 Å². The average molecular weight is 814 g/mol. The third-order valence-corrected chi connectivity index (χ3v) is 17.3. The quantitative estimate of drug-likeness (QED) is 0.150. The van der Waals surface area contributed by atoms with E-state index >= 15 is 0 Å². The molecule has 6 nitrogen and oxygen atoms in total. The fraction of sp³-hybridized carbons (Fsp3) is 0.0182. The van der Waals surface area contributed by atoms with Gasteiger partial charge in [-0.1, -0.05) is 127 Å². The Labute approximate surface area is 360 Å². The van der Waals surface area contributed by atoms with Crippen LogP contribution in [0.4, 0.5) is 17.1 Å². The van der Waals surface area contributed by atoms with E-state index in [9.17, 15) is 0 Å². The number of benzene rings is 8. The average Bonchev–Trinajstić information content (AvgIpc) is 3.84. The molecule has 0 saturated carbocycles. The maximum absolute atomic E-state index is 6.74. The van der Waals surface area contributed by atoms with E-state index < -0.39 is 8.07 Å². The minimum Gasteiger partial charge on any atom is -0.457 e. The number of aromatic nitrogens is 4. The molecule has 0 atom stereocenters. The van der Waals surface area contributed by atoms with Crippen molar-refractivity contribution < 1.29 is 4.74 Å². The molecule has 62 heavy (non-hydrogen) atoms. The van der Waals surface area contributed by atoms with Gasteiger partial charge in [-0.2, -0.15) is 0 Å². The van der Waals surface area contributed by atoms with E-state index in [0.717, 1.165) is 72.9 Å². The number of ether oxygens (including phenoxy) is 1. The van der Waals surface area contributed by atoms with Crippen molar-refractivity contribution in [3.63, 3.8) is 0 Å². The van der Waals surface area contributed by atoms with E-state index in [1.807, 2.05) is 36.5 Å². The fourth-order valence-corrected chi connectivity index (χ4v) is 14.9. The predicted octanol–water partition coefficient (Wildman–Crippen LogP) is 10.7. The van der Waals surface area contributed by atoms with Crippen LogP contribution in [0.5, 0.6) is 11.5 Å². The van der Waals surface area contributed by atoms with Crippen LogP contribution in [0.1, 0.15) is 0 Å². The Morgan fingerprint density at radius 1 is 0.484 bits per heavy atom. The van der Waals surface area contributed by atoms with Gasteiger partial charge in [-0.05, 0) is 99.6 Å². The first-order valence-corrected chi connectivity index (χ1v) is 23.0. The Morgan fingerprint density at radius 3 is 1.92 bits per heavy atom. The Balaban J connectivity index is 1.11. The molecule has 12 rings (SSSR count). The molecule has 1 aliphatic heterocycles. The zero-order chi connectivity index (χ0) is 41.2. The zero-order valence-electron chi connectivity index (χ0n) is 33.9. The van der Waals surface area contributed by atoms with Gasteiger partial charge in [-0.25, -0.2) is 9.97 Å². The first-order chi connectivity index (χ1) is 30.7. The number of hydrogen-bond acceptors (Lipinski definition) is 4. The summed E-state index contributed by atoms with van der Waals surface area (Å²) in [4.78, 5) is 12.4. The summed E-state index contributed by atoms with van der Waals surface area (Å²) in [5.74, 6) is 3.21. The number of fused-ring (bicyclic) bond motifs is 6. The summed E-state index contributed by atoms with van der Waals surface area (Å²) in [6.07, 6.45) is 1.87. The standard InChI is InChI=1S/C55H39N5OSi/c1-58-47-27-12-11-26-46(47)57-55(58)38-18-17-21-40(34-38)61-41-31-32-44-45-36-53-51(37-50(45)60(49(44)35-41)54-30-15-16-33-56-54)59(39-19-5-2-6-20-39)48-28-13-14-29-52(48)62(53,42-22-7-3-8-23-42)43-24-9-4-10-25-43/h2-37H,1H3. The van der Waals surface area contributed by atoms with Gasteiger partial charge in [0.25, 0.3) is 0 Å². The molecular formula is C55H39N5OSi. The molecule has 294 valence electrons. The van der Waals surface area contributed by atoms with Crippen LogP contribution in [0.25, 0.3) is 50.0 Å². The number of pyridine rings is 1. The van der Waals surface area contributed by atoms with Crippen LogP contribution in [-0.4, -0.2) is 27.2 Å². The van der Waals surface area contributed by atoms with Crippen LogP contribution in [0.3, 0.4) is 0 Å². The van der Waals surface area contributed by atoms with Crippen LogP contribution in [0, 0.1) is 0 Å².